The molecule has 4 atom stereocenters. The van der Waals surface area contributed by atoms with Crippen molar-refractivity contribution in [2.75, 3.05) is 30.1 Å². The van der Waals surface area contributed by atoms with Gasteiger partial charge in [-0.3, -0.25) is 8.86 Å². The Labute approximate surface area is 166 Å². The molecule has 28 heavy (non-hydrogen) atoms. The third-order valence-electron chi connectivity index (χ3n) is 4.33. The minimum atomic E-state index is -3.60. The van der Waals surface area contributed by atoms with Crippen molar-refractivity contribution in [3.8, 4) is 0 Å². The SMILES string of the molecule is Cn1cc(Nc2ncc(Cl)c(N[C@H]3COC4C3OC[C@@H]4OS(C)(=O)=O)n2)cn1. The molecule has 4 heterocycles. The van der Waals surface area contributed by atoms with E-state index in [1.807, 2.05) is 0 Å². The molecule has 0 radical (unpaired) electrons. The average Bonchev–Trinajstić information content (AvgIpc) is 3.29. The second kappa shape index (κ2) is 7.44. The Bertz CT molecular complexity index is 970. The summed E-state index contributed by atoms with van der Waals surface area (Å²) in [6, 6.07) is -0.267. The predicted molar refractivity (Wildman–Crippen MR) is 100 cm³/mol. The van der Waals surface area contributed by atoms with Crippen molar-refractivity contribution in [2.24, 2.45) is 7.05 Å². The number of hydrogen-bond acceptors (Lipinski definition) is 10. The first-order chi connectivity index (χ1) is 13.3. The van der Waals surface area contributed by atoms with Crippen LogP contribution in [-0.4, -0.2) is 72.0 Å². The van der Waals surface area contributed by atoms with E-state index in [4.69, 9.17) is 25.3 Å². The Morgan fingerprint density at radius 1 is 1.29 bits per heavy atom. The standard InChI is InChI=1S/C15H19ClN6O5S/c1-22-5-8(3-18-22)19-15-17-4-9(16)14(21-15)20-10-6-25-13-11(7-26-12(10)13)27-28(2,23)24/h3-5,10-13H,6-7H2,1-2H3,(H2,17,19,20,21)/t10-,11-,12?,13?/m0/s1. The fourth-order valence-corrected chi connectivity index (χ4v) is 3.97. The van der Waals surface area contributed by atoms with Crippen LogP contribution >= 0.6 is 11.6 Å². The van der Waals surface area contributed by atoms with Crippen LogP contribution < -0.4 is 10.6 Å². The highest BCUT2D eigenvalue weighted by molar-refractivity contribution is 7.86. The van der Waals surface area contributed by atoms with Gasteiger partial charge in [0, 0.05) is 13.2 Å². The van der Waals surface area contributed by atoms with Crippen molar-refractivity contribution < 1.29 is 22.1 Å². The summed E-state index contributed by atoms with van der Waals surface area (Å²) in [6.07, 6.45) is 4.38. The van der Waals surface area contributed by atoms with Gasteiger partial charge in [0.1, 0.15) is 23.3 Å². The number of ether oxygens (including phenoxy) is 2. The number of hydrogen-bond donors (Lipinski definition) is 2. The van der Waals surface area contributed by atoms with Gasteiger partial charge in [0.2, 0.25) is 5.95 Å². The topological polar surface area (TPSA) is 129 Å². The molecular formula is C15H19ClN6O5S. The van der Waals surface area contributed by atoms with E-state index in [0.717, 1.165) is 11.9 Å². The summed E-state index contributed by atoms with van der Waals surface area (Å²) < 4.78 is 40.9. The minimum Gasteiger partial charge on any atom is -0.370 e. The maximum Gasteiger partial charge on any atom is 0.264 e. The van der Waals surface area contributed by atoms with Crippen LogP contribution in [0, 0.1) is 0 Å². The van der Waals surface area contributed by atoms with Crippen molar-refractivity contribution in [2.45, 2.75) is 24.4 Å². The molecule has 152 valence electrons. The van der Waals surface area contributed by atoms with Crippen LogP contribution in [0.1, 0.15) is 0 Å². The number of nitrogens with one attached hydrogen (secondary N) is 2. The van der Waals surface area contributed by atoms with Crippen LogP contribution in [0.4, 0.5) is 17.5 Å². The van der Waals surface area contributed by atoms with Gasteiger partial charge in [-0.05, 0) is 0 Å². The number of aromatic nitrogens is 4. The van der Waals surface area contributed by atoms with Gasteiger partial charge in [-0.2, -0.15) is 18.5 Å². The third kappa shape index (κ3) is 4.20. The second-order valence-electron chi connectivity index (χ2n) is 6.60. The summed E-state index contributed by atoms with van der Waals surface area (Å²) in [7, 11) is -1.79. The number of nitrogens with zero attached hydrogens (tertiary/aromatic N) is 4. The zero-order valence-corrected chi connectivity index (χ0v) is 16.6. The van der Waals surface area contributed by atoms with Crippen molar-refractivity contribution in [1.29, 1.82) is 0 Å². The van der Waals surface area contributed by atoms with Crippen LogP contribution in [-0.2, 0) is 30.8 Å². The Kier molecular flexibility index (Phi) is 5.14. The van der Waals surface area contributed by atoms with Crippen LogP contribution in [0.3, 0.4) is 0 Å². The van der Waals surface area contributed by atoms with Crippen molar-refractivity contribution in [1.82, 2.24) is 19.7 Å². The summed E-state index contributed by atoms with van der Waals surface area (Å²) in [5, 5.41) is 10.6. The molecule has 11 nitrogen and oxygen atoms in total. The maximum atomic E-state index is 11.4. The molecule has 2 aliphatic heterocycles. The van der Waals surface area contributed by atoms with E-state index in [1.54, 1.807) is 24.1 Å². The molecule has 0 aliphatic carbocycles. The Hall–Kier alpha value is -1.99. The summed E-state index contributed by atoms with van der Waals surface area (Å²) in [4.78, 5) is 8.55. The fourth-order valence-electron chi connectivity index (χ4n) is 3.21. The lowest BCUT2D eigenvalue weighted by atomic mass is 10.1. The van der Waals surface area contributed by atoms with E-state index in [-0.39, 0.29) is 18.8 Å². The first kappa shape index (κ1) is 19.3. The monoisotopic (exact) mass is 430 g/mol. The van der Waals surface area contributed by atoms with Crippen LogP contribution in [0.5, 0.6) is 0 Å². The number of aryl methyl sites for hydroxylation is 1. The first-order valence-corrected chi connectivity index (χ1v) is 10.6. The van der Waals surface area contributed by atoms with Crippen LogP contribution in [0.15, 0.2) is 18.6 Å². The molecule has 2 fully saturated rings. The predicted octanol–water partition coefficient (Wildman–Crippen LogP) is 0.530. The molecule has 2 saturated heterocycles. The number of anilines is 3. The third-order valence-corrected chi connectivity index (χ3v) is 5.21. The van der Waals surface area contributed by atoms with Crippen LogP contribution in [0.25, 0.3) is 0 Å². The molecule has 0 spiro atoms. The molecule has 0 aromatic carbocycles. The van der Waals surface area contributed by atoms with Crippen molar-refractivity contribution in [3.05, 3.63) is 23.6 Å². The zero-order chi connectivity index (χ0) is 19.9. The summed E-state index contributed by atoms with van der Waals surface area (Å²) in [5.74, 6) is 0.759. The number of rotatable bonds is 6. The number of fused-ring (bicyclic) bond motifs is 1. The summed E-state index contributed by atoms with van der Waals surface area (Å²) in [5.41, 5.74) is 0.736. The molecule has 13 heteroatoms. The minimum absolute atomic E-state index is 0.131. The molecule has 2 aromatic heterocycles. The Morgan fingerprint density at radius 2 is 2.07 bits per heavy atom. The summed E-state index contributed by atoms with van der Waals surface area (Å²) in [6.45, 7) is 0.427. The van der Waals surface area contributed by atoms with Gasteiger partial charge in [0.05, 0.1) is 43.6 Å². The average molecular weight is 431 g/mol. The van der Waals surface area contributed by atoms with E-state index in [2.05, 4.69) is 25.7 Å². The van der Waals surface area contributed by atoms with Gasteiger partial charge < -0.3 is 20.1 Å². The molecule has 2 unspecified atom stereocenters. The molecule has 0 saturated carbocycles. The fraction of sp³-hybridized carbons (Fsp3) is 0.533. The normalized spacial score (nSPS) is 27.0. The van der Waals surface area contributed by atoms with Gasteiger partial charge in [-0.25, -0.2) is 4.98 Å². The van der Waals surface area contributed by atoms with Crippen molar-refractivity contribution in [3.63, 3.8) is 0 Å². The van der Waals surface area contributed by atoms with E-state index >= 15 is 0 Å². The van der Waals surface area contributed by atoms with Gasteiger partial charge in [-0.1, -0.05) is 11.6 Å². The highest BCUT2D eigenvalue weighted by Gasteiger charge is 2.49. The largest absolute Gasteiger partial charge is 0.370 e. The molecule has 2 aromatic rings. The van der Waals surface area contributed by atoms with Gasteiger partial charge in [0.25, 0.3) is 10.1 Å². The highest BCUT2D eigenvalue weighted by atomic mass is 35.5. The highest BCUT2D eigenvalue weighted by Crippen LogP contribution is 2.32. The lowest BCUT2D eigenvalue weighted by molar-refractivity contribution is 0.0339. The van der Waals surface area contributed by atoms with Crippen LogP contribution in [0.2, 0.25) is 5.02 Å². The molecule has 2 N–H and O–H groups in total. The quantitative estimate of drug-likeness (QED) is 0.626. The smallest absolute Gasteiger partial charge is 0.264 e. The lowest BCUT2D eigenvalue weighted by Gasteiger charge is -2.19. The van der Waals surface area contributed by atoms with Gasteiger partial charge in [-0.15, -0.1) is 0 Å². The van der Waals surface area contributed by atoms with Crippen molar-refractivity contribution >= 4 is 39.2 Å². The zero-order valence-electron chi connectivity index (χ0n) is 15.1. The molecule has 4 rings (SSSR count). The Morgan fingerprint density at radius 3 is 2.79 bits per heavy atom. The van der Waals surface area contributed by atoms with Gasteiger partial charge >= 0.3 is 0 Å². The molecule has 2 aliphatic rings. The van der Waals surface area contributed by atoms with E-state index in [0.29, 0.717) is 23.4 Å². The van der Waals surface area contributed by atoms with Gasteiger partial charge in [0.15, 0.2) is 5.82 Å². The van der Waals surface area contributed by atoms with E-state index in [1.165, 1.54) is 6.20 Å². The summed E-state index contributed by atoms with van der Waals surface area (Å²) >= 11 is 6.22. The van der Waals surface area contributed by atoms with E-state index < -0.39 is 22.3 Å². The number of halogens is 1. The molecular weight excluding hydrogens is 412 g/mol. The van der Waals surface area contributed by atoms with E-state index in [9.17, 15) is 8.42 Å². The maximum absolute atomic E-state index is 11.4. The first-order valence-electron chi connectivity index (χ1n) is 8.45. The molecule has 0 amide bonds. The Balaban J connectivity index is 1.45. The second-order valence-corrected chi connectivity index (χ2v) is 8.61. The lowest BCUT2D eigenvalue weighted by Crippen LogP contribution is -2.37. The molecule has 0 bridgehead atoms.